The average Bonchev–Trinajstić information content (AvgIpc) is 1.86. The molecular weight excluding hydrogens is 166 g/mol. The normalized spacial score (nSPS) is 11.5. The molecule has 0 amide bonds. The van der Waals surface area contributed by atoms with E-state index in [0.29, 0.717) is 0 Å². The van der Waals surface area contributed by atoms with Gasteiger partial charge in [-0.2, -0.15) is 8.42 Å². The zero-order valence-corrected chi connectivity index (χ0v) is 6.75. The molecule has 0 bridgehead atoms. The molecule has 0 saturated carbocycles. The third-order valence-corrected chi connectivity index (χ3v) is 2.11. The molecule has 1 aromatic heterocycles. The molecule has 0 atom stereocenters. The molecular formula is C6H8NO3S+. The third kappa shape index (κ3) is 1.99. The summed E-state index contributed by atoms with van der Waals surface area (Å²) in [6.07, 6.45) is 3.09. The number of pyridine rings is 1. The van der Waals surface area contributed by atoms with Gasteiger partial charge in [0.05, 0.1) is 0 Å². The highest BCUT2D eigenvalue weighted by Crippen LogP contribution is 2.02. The van der Waals surface area contributed by atoms with Gasteiger partial charge >= 0.3 is 0 Å². The van der Waals surface area contributed by atoms with Crippen molar-refractivity contribution in [1.29, 1.82) is 0 Å². The van der Waals surface area contributed by atoms with E-state index in [4.69, 9.17) is 4.55 Å². The standard InChI is InChI=1S/C6H7NO3S/c1-7-4-2-6(3-5-7)11(8,9)10/h2-5H,1H3/p+1. The van der Waals surface area contributed by atoms with Gasteiger partial charge in [0.2, 0.25) is 0 Å². The van der Waals surface area contributed by atoms with Crippen LogP contribution in [-0.4, -0.2) is 13.0 Å². The van der Waals surface area contributed by atoms with Gasteiger partial charge in [0.15, 0.2) is 12.4 Å². The lowest BCUT2D eigenvalue weighted by molar-refractivity contribution is -0.671. The first kappa shape index (κ1) is 8.16. The predicted octanol–water partition coefficient (Wildman–Crippen LogP) is -0.242. The van der Waals surface area contributed by atoms with Crippen LogP contribution in [0.2, 0.25) is 0 Å². The fourth-order valence-corrected chi connectivity index (χ4v) is 1.12. The van der Waals surface area contributed by atoms with Crippen molar-refractivity contribution >= 4 is 10.1 Å². The van der Waals surface area contributed by atoms with E-state index in [0.717, 1.165) is 0 Å². The van der Waals surface area contributed by atoms with E-state index in [1.807, 2.05) is 0 Å². The molecule has 5 heteroatoms. The Kier molecular flexibility index (Phi) is 1.92. The van der Waals surface area contributed by atoms with Gasteiger partial charge < -0.3 is 0 Å². The molecule has 0 spiro atoms. The third-order valence-electron chi connectivity index (χ3n) is 1.25. The molecule has 0 fully saturated rings. The summed E-state index contributed by atoms with van der Waals surface area (Å²) in [5, 5.41) is 0. The first-order valence-electron chi connectivity index (χ1n) is 2.93. The van der Waals surface area contributed by atoms with E-state index in [1.165, 1.54) is 12.1 Å². The van der Waals surface area contributed by atoms with Crippen LogP contribution in [0.25, 0.3) is 0 Å². The van der Waals surface area contributed by atoms with Crippen molar-refractivity contribution in [2.75, 3.05) is 0 Å². The van der Waals surface area contributed by atoms with Crippen molar-refractivity contribution in [1.82, 2.24) is 0 Å². The minimum atomic E-state index is -4.03. The Hall–Kier alpha value is -0.940. The molecule has 1 aromatic rings. The second kappa shape index (κ2) is 2.60. The zero-order chi connectivity index (χ0) is 8.48. The maximum atomic E-state index is 10.5. The molecule has 0 aromatic carbocycles. The van der Waals surface area contributed by atoms with E-state index < -0.39 is 10.1 Å². The summed E-state index contributed by atoms with van der Waals surface area (Å²) < 4.78 is 31.2. The highest BCUT2D eigenvalue weighted by Gasteiger charge is 2.09. The van der Waals surface area contributed by atoms with Gasteiger partial charge in [-0.1, -0.05) is 0 Å². The number of nitrogens with zero attached hydrogens (tertiary/aromatic N) is 1. The smallest absolute Gasteiger partial charge is 0.282 e. The number of aryl methyl sites for hydroxylation is 1. The summed E-state index contributed by atoms with van der Waals surface area (Å²) in [6.45, 7) is 0. The Balaban J connectivity index is 3.20. The minimum absolute atomic E-state index is 0.0874. The molecule has 60 valence electrons. The predicted molar refractivity (Wildman–Crippen MR) is 37.4 cm³/mol. The first-order chi connectivity index (χ1) is 5.00. The number of rotatable bonds is 1. The van der Waals surface area contributed by atoms with Gasteiger partial charge in [0, 0.05) is 12.1 Å². The molecule has 0 radical (unpaired) electrons. The van der Waals surface area contributed by atoms with Crippen molar-refractivity contribution in [3.63, 3.8) is 0 Å². The Morgan fingerprint density at radius 1 is 1.36 bits per heavy atom. The van der Waals surface area contributed by atoms with Crippen LogP contribution in [0.4, 0.5) is 0 Å². The highest BCUT2D eigenvalue weighted by atomic mass is 32.2. The lowest BCUT2D eigenvalue weighted by Crippen LogP contribution is -2.26. The lowest BCUT2D eigenvalue weighted by Gasteiger charge is -1.92. The van der Waals surface area contributed by atoms with Crippen LogP contribution in [-0.2, 0) is 17.2 Å². The van der Waals surface area contributed by atoms with Gasteiger partial charge in [0.1, 0.15) is 11.9 Å². The van der Waals surface area contributed by atoms with Crippen molar-refractivity contribution in [3.05, 3.63) is 24.5 Å². The molecule has 0 unspecified atom stereocenters. The van der Waals surface area contributed by atoms with Crippen molar-refractivity contribution < 1.29 is 17.5 Å². The Morgan fingerprint density at radius 2 is 1.82 bits per heavy atom. The van der Waals surface area contributed by atoms with Gasteiger partial charge in [-0.3, -0.25) is 4.55 Å². The van der Waals surface area contributed by atoms with Gasteiger partial charge in [-0.15, -0.1) is 0 Å². The summed E-state index contributed by atoms with van der Waals surface area (Å²) in [6, 6.07) is 2.66. The molecule has 0 aliphatic heterocycles. The van der Waals surface area contributed by atoms with Crippen LogP contribution in [0.1, 0.15) is 0 Å². The maximum Gasteiger partial charge on any atom is 0.294 e. The lowest BCUT2D eigenvalue weighted by atomic mass is 10.5. The van der Waals surface area contributed by atoms with Gasteiger partial charge in [-0.25, -0.2) is 4.57 Å². The first-order valence-corrected chi connectivity index (χ1v) is 4.37. The number of aromatic nitrogens is 1. The summed E-state index contributed by atoms with van der Waals surface area (Å²) in [4.78, 5) is -0.0874. The van der Waals surface area contributed by atoms with E-state index in [9.17, 15) is 8.42 Å². The van der Waals surface area contributed by atoms with Gasteiger partial charge in [-0.05, 0) is 0 Å². The SMILES string of the molecule is C[n+]1ccc(S(=O)(=O)O)cc1. The number of hydrogen-bond acceptors (Lipinski definition) is 2. The fourth-order valence-electron chi connectivity index (χ4n) is 0.659. The summed E-state index contributed by atoms with van der Waals surface area (Å²) in [7, 11) is -2.28. The quantitative estimate of drug-likeness (QED) is 0.472. The summed E-state index contributed by atoms with van der Waals surface area (Å²) >= 11 is 0. The van der Waals surface area contributed by atoms with Crippen molar-refractivity contribution in [2.45, 2.75) is 4.90 Å². The van der Waals surface area contributed by atoms with Crippen LogP contribution in [0.3, 0.4) is 0 Å². The summed E-state index contributed by atoms with van der Waals surface area (Å²) in [5.41, 5.74) is 0. The Labute approximate surface area is 64.9 Å². The van der Waals surface area contributed by atoms with Crippen LogP contribution in [0.15, 0.2) is 29.4 Å². The molecule has 1 N–H and O–H groups in total. The van der Waals surface area contributed by atoms with Gasteiger partial charge in [0.25, 0.3) is 10.1 Å². The van der Waals surface area contributed by atoms with E-state index in [2.05, 4.69) is 0 Å². The Morgan fingerprint density at radius 3 is 2.18 bits per heavy atom. The molecule has 0 aliphatic carbocycles. The Bertz CT molecular complexity index is 341. The van der Waals surface area contributed by atoms with Crippen LogP contribution < -0.4 is 4.57 Å². The minimum Gasteiger partial charge on any atom is -0.282 e. The summed E-state index contributed by atoms with van der Waals surface area (Å²) in [5.74, 6) is 0. The topological polar surface area (TPSA) is 58.2 Å². The van der Waals surface area contributed by atoms with Crippen LogP contribution in [0.5, 0.6) is 0 Å². The largest absolute Gasteiger partial charge is 0.294 e. The average molecular weight is 174 g/mol. The molecule has 11 heavy (non-hydrogen) atoms. The molecule has 1 rings (SSSR count). The van der Waals surface area contributed by atoms with E-state index >= 15 is 0 Å². The molecule has 0 saturated heterocycles. The van der Waals surface area contributed by atoms with Crippen LogP contribution in [0, 0.1) is 0 Å². The second-order valence-electron chi connectivity index (χ2n) is 2.17. The van der Waals surface area contributed by atoms with Crippen molar-refractivity contribution in [3.8, 4) is 0 Å². The molecule has 4 nitrogen and oxygen atoms in total. The fraction of sp³-hybridized carbons (Fsp3) is 0.167. The highest BCUT2D eigenvalue weighted by molar-refractivity contribution is 7.85. The molecule has 0 aliphatic rings. The zero-order valence-electron chi connectivity index (χ0n) is 5.93. The number of hydrogen-bond donors (Lipinski definition) is 1. The van der Waals surface area contributed by atoms with Crippen molar-refractivity contribution in [2.24, 2.45) is 7.05 Å². The van der Waals surface area contributed by atoms with E-state index in [-0.39, 0.29) is 4.90 Å². The van der Waals surface area contributed by atoms with Crippen LogP contribution >= 0.6 is 0 Å². The monoisotopic (exact) mass is 174 g/mol. The molecule has 1 heterocycles. The maximum absolute atomic E-state index is 10.5. The van der Waals surface area contributed by atoms with E-state index in [1.54, 1.807) is 24.0 Å². The second-order valence-corrected chi connectivity index (χ2v) is 3.60.